The van der Waals surface area contributed by atoms with E-state index in [0.29, 0.717) is 38.5 Å². The Kier molecular flexibility index (Phi) is 6.83. The monoisotopic (exact) mass is 342 g/mol. The molecular weight excluding hydrogens is 312 g/mol. The molecule has 1 N–H and O–H groups in total. The first-order chi connectivity index (χ1) is 12.0. The molecule has 1 saturated heterocycles. The van der Waals surface area contributed by atoms with Gasteiger partial charge < -0.3 is 15.1 Å². The van der Waals surface area contributed by atoms with Crippen LogP contribution in [0.4, 0.5) is 4.79 Å². The van der Waals surface area contributed by atoms with E-state index in [1.165, 1.54) is 0 Å². The highest BCUT2D eigenvalue weighted by atomic mass is 16.2. The van der Waals surface area contributed by atoms with Crippen molar-refractivity contribution < 1.29 is 4.79 Å². The van der Waals surface area contributed by atoms with Crippen LogP contribution in [0.3, 0.4) is 0 Å². The van der Waals surface area contributed by atoms with Crippen LogP contribution in [-0.2, 0) is 5.41 Å². The molecule has 1 fully saturated rings. The lowest BCUT2D eigenvalue weighted by molar-refractivity contribution is 0.169. The first-order valence-electron chi connectivity index (χ1n) is 9.22. The third kappa shape index (κ3) is 4.73. The first-order valence-corrected chi connectivity index (χ1v) is 9.22. The molecular formula is C20H30N4O. The second kappa shape index (κ2) is 8.87. The van der Waals surface area contributed by atoms with E-state index in [1.54, 1.807) is 0 Å². The molecule has 5 nitrogen and oxygen atoms in total. The van der Waals surface area contributed by atoms with Crippen LogP contribution in [0.25, 0.3) is 0 Å². The number of piperidine rings is 1. The van der Waals surface area contributed by atoms with Gasteiger partial charge in [0.15, 0.2) is 0 Å². The largest absolute Gasteiger partial charge is 0.338 e. The maximum atomic E-state index is 12.4. The van der Waals surface area contributed by atoms with E-state index < -0.39 is 5.41 Å². The lowest BCUT2D eigenvalue weighted by Crippen LogP contribution is -2.49. The summed E-state index contributed by atoms with van der Waals surface area (Å²) in [5, 5.41) is 12.7. The number of amides is 2. The van der Waals surface area contributed by atoms with E-state index in [1.807, 2.05) is 35.2 Å². The van der Waals surface area contributed by atoms with Crippen molar-refractivity contribution in [2.75, 3.05) is 33.2 Å². The minimum Gasteiger partial charge on any atom is -0.338 e. The number of carbonyl (C=O) groups is 1. The number of hydrogen-bond acceptors (Lipinski definition) is 3. The standard InChI is InChI=1S/C20H30N4O/c1-4-23(3)17(2)10-13-22-19(25)24-14-11-20(16-21,12-15-24)18-8-6-5-7-9-18/h5-9,17H,4,10-15H2,1-3H3,(H,22,25). The highest BCUT2D eigenvalue weighted by molar-refractivity contribution is 5.74. The zero-order valence-electron chi connectivity index (χ0n) is 15.7. The van der Waals surface area contributed by atoms with Gasteiger partial charge in [-0.05, 0) is 45.3 Å². The summed E-state index contributed by atoms with van der Waals surface area (Å²) in [6, 6.07) is 12.9. The fourth-order valence-electron chi connectivity index (χ4n) is 3.35. The van der Waals surface area contributed by atoms with Crippen molar-refractivity contribution >= 4 is 6.03 Å². The van der Waals surface area contributed by atoms with E-state index >= 15 is 0 Å². The Morgan fingerprint density at radius 2 is 2.00 bits per heavy atom. The lowest BCUT2D eigenvalue weighted by atomic mass is 9.74. The highest BCUT2D eigenvalue weighted by Crippen LogP contribution is 2.34. The summed E-state index contributed by atoms with van der Waals surface area (Å²) >= 11 is 0. The summed E-state index contributed by atoms with van der Waals surface area (Å²) in [4.78, 5) is 16.5. The zero-order valence-corrected chi connectivity index (χ0v) is 15.7. The third-order valence-electron chi connectivity index (χ3n) is 5.53. The summed E-state index contributed by atoms with van der Waals surface area (Å²) < 4.78 is 0. The second-order valence-corrected chi connectivity index (χ2v) is 6.99. The molecule has 0 saturated carbocycles. The zero-order chi connectivity index (χ0) is 18.3. The summed E-state index contributed by atoms with van der Waals surface area (Å²) in [6.45, 7) is 7.26. The number of nitrogens with one attached hydrogen (secondary N) is 1. The van der Waals surface area contributed by atoms with Gasteiger partial charge in [-0.3, -0.25) is 0 Å². The topological polar surface area (TPSA) is 59.4 Å². The van der Waals surface area contributed by atoms with Gasteiger partial charge in [-0.2, -0.15) is 5.26 Å². The fourth-order valence-corrected chi connectivity index (χ4v) is 3.35. The average Bonchev–Trinajstić information content (AvgIpc) is 2.67. The average molecular weight is 342 g/mol. The first kappa shape index (κ1) is 19.3. The van der Waals surface area contributed by atoms with E-state index in [4.69, 9.17) is 0 Å². The van der Waals surface area contributed by atoms with Crippen LogP contribution in [0.15, 0.2) is 30.3 Å². The molecule has 0 radical (unpaired) electrons. The lowest BCUT2D eigenvalue weighted by Gasteiger charge is -2.37. The molecule has 5 heteroatoms. The molecule has 1 aromatic carbocycles. The maximum absolute atomic E-state index is 12.4. The minimum atomic E-state index is -0.462. The van der Waals surface area contributed by atoms with Crippen molar-refractivity contribution in [3.05, 3.63) is 35.9 Å². The van der Waals surface area contributed by atoms with Gasteiger partial charge in [0, 0.05) is 25.7 Å². The van der Waals surface area contributed by atoms with Crippen LogP contribution >= 0.6 is 0 Å². The molecule has 1 atom stereocenters. The molecule has 136 valence electrons. The van der Waals surface area contributed by atoms with Gasteiger partial charge in [-0.1, -0.05) is 37.3 Å². The van der Waals surface area contributed by atoms with E-state index in [0.717, 1.165) is 18.5 Å². The van der Waals surface area contributed by atoms with Gasteiger partial charge in [0.2, 0.25) is 0 Å². The Morgan fingerprint density at radius 3 is 2.56 bits per heavy atom. The van der Waals surface area contributed by atoms with Crippen molar-refractivity contribution in [2.45, 2.75) is 44.6 Å². The quantitative estimate of drug-likeness (QED) is 0.864. The van der Waals surface area contributed by atoms with Crippen molar-refractivity contribution in [3.63, 3.8) is 0 Å². The number of hydrogen-bond donors (Lipinski definition) is 1. The number of rotatable bonds is 6. The van der Waals surface area contributed by atoms with Gasteiger partial charge in [0.25, 0.3) is 0 Å². The number of urea groups is 1. The third-order valence-corrected chi connectivity index (χ3v) is 5.53. The van der Waals surface area contributed by atoms with Crippen molar-refractivity contribution in [1.29, 1.82) is 5.26 Å². The fraction of sp³-hybridized carbons (Fsp3) is 0.600. The molecule has 2 amide bonds. The molecule has 1 aromatic rings. The number of carbonyl (C=O) groups excluding carboxylic acids is 1. The molecule has 1 aliphatic rings. The van der Waals surface area contributed by atoms with Crippen LogP contribution in [-0.4, -0.2) is 55.1 Å². The summed E-state index contributed by atoms with van der Waals surface area (Å²) in [5.41, 5.74) is 0.602. The van der Waals surface area contributed by atoms with Gasteiger partial charge in [-0.25, -0.2) is 4.79 Å². The number of nitrogens with zero attached hydrogens (tertiary/aromatic N) is 3. The molecule has 0 aliphatic carbocycles. The van der Waals surface area contributed by atoms with E-state index in [9.17, 15) is 10.1 Å². The highest BCUT2D eigenvalue weighted by Gasteiger charge is 2.37. The molecule has 0 spiro atoms. The second-order valence-electron chi connectivity index (χ2n) is 6.99. The summed E-state index contributed by atoms with van der Waals surface area (Å²) in [7, 11) is 2.10. The van der Waals surface area contributed by atoms with Crippen LogP contribution < -0.4 is 5.32 Å². The Labute approximate surface area is 151 Å². The Bertz CT molecular complexity index is 587. The Morgan fingerprint density at radius 1 is 1.36 bits per heavy atom. The Hall–Kier alpha value is -2.06. The summed E-state index contributed by atoms with van der Waals surface area (Å²) in [6.07, 6.45) is 2.32. The smallest absolute Gasteiger partial charge is 0.317 e. The van der Waals surface area contributed by atoms with Crippen LogP contribution in [0.5, 0.6) is 0 Å². The normalized spacial score (nSPS) is 17.8. The van der Waals surface area contributed by atoms with Crippen molar-refractivity contribution in [1.82, 2.24) is 15.1 Å². The van der Waals surface area contributed by atoms with E-state index in [-0.39, 0.29) is 6.03 Å². The van der Waals surface area contributed by atoms with E-state index in [2.05, 4.69) is 37.2 Å². The maximum Gasteiger partial charge on any atom is 0.317 e. The van der Waals surface area contributed by atoms with Crippen molar-refractivity contribution in [3.8, 4) is 6.07 Å². The SMILES string of the molecule is CCN(C)C(C)CCNC(=O)N1CCC(C#N)(c2ccccc2)CC1. The van der Waals surface area contributed by atoms with Crippen LogP contribution in [0, 0.1) is 11.3 Å². The molecule has 1 aliphatic heterocycles. The van der Waals surface area contributed by atoms with Gasteiger partial charge in [0.1, 0.15) is 0 Å². The number of likely N-dealkylation sites (tertiary alicyclic amines) is 1. The van der Waals surface area contributed by atoms with Crippen LogP contribution in [0.1, 0.15) is 38.7 Å². The molecule has 0 bridgehead atoms. The number of benzene rings is 1. The number of nitriles is 1. The van der Waals surface area contributed by atoms with Crippen molar-refractivity contribution in [2.24, 2.45) is 0 Å². The molecule has 1 heterocycles. The predicted molar refractivity (Wildman–Crippen MR) is 100 cm³/mol. The minimum absolute atomic E-state index is 0.00838. The van der Waals surface area contributed by atoms with Gasteiger partial charge in [-0.15, -0.1) is 0 Å². The predicted octanol–water partition coefficient (Wildman–Crippen LogP) is 2.98. The molecule has 0 aromatic heterocycles. The Balaban J connectivity index is 1.83. The van der Waals surface area contributed by atoms with Crippen LogP contribution in [0.2, 0.25) is 0 Å². The molecule has 25 heavy (non-hydrogen) atoms. The molecule has 2 rings (SSSR count). The molecule has 1 unspecified atom stereocenters. The van der Waals surface area contributed by atoms with Gasteiger partial charge in [0.05, 0.1) is 11.5 Å². The summed E-state index contributed by atoms with van der Waals surface area (Å²) in [5.74, 6) is 0. The van der Waals surface area contributed by atoms with Gasteiger partial charge >= 0.3 is 6.03 Å².